The van der Waals surface area contributed by atoms with Crippen molar-refractivity contribution in [3.8, 4) is 5.75 Å². The lowest BCUT2D eigenvalue weighted by atomic mass is 10.4. The Balaban J connectivity index is 2.42. The highest BCUT2D eigenvalue weighted by atomic mass is 16.5. The summed E-state index contributed by atoms with van der Waals surface area (Å²) in [5.74, 6) is 0.515. The van der Waals surface area contributed by atoms with E-state index in [1.165, 1.54) is 6.20 Å². The van der Waals surface area contributed by atoms with Gasteiger partial charge < -0.3 is 10.5 Å². The molecular weight excluding hydrogens is 220 g/mol. The fraction of sp³-hybridized carbons (Fsp3) is 0.545. The van der Waals surface area contributed by atoms with Crippen LogP contribution in [-0.2, 0) is 0 Å². The summed E-state index contributed by atoms with van der Waals surface area (Å²) in [6.45, 7) is 5.71. The first-order chi connectivity index (χ1) is 8.31. The van der Waals surface area contributed by atoms with Crippen LogP contribution in [0.4, 0.5) is 5.82 Å². The van der Waals surface area contributed by atoms with Crippen LogP contribution in [0.25, 0.3) is 0 Å². The molecule has 0 spiro atoms. The smallest absolute Gasteiger partial charge is 0.238 e. The maximum atomic E-state index is 10.5. The fourth-order valence-electron chi connectivity index (χ4n) is 1.46. The van der Waals surface area contributed by atoms with Gasteiger partial charge in [0.15, 0.2) is 5.75 Å². The Labute approximate surface area is 101 Å². The molecule has 0 fully saturated rings. The highest BCUT2D eigenvalue weighted by Crippen LogP contribution is 2.22. The summed E-state index contributed by atoms with van der Waals surface area (Å²) in [5.41, 5.74) is 5.48. The van der Waals surface area contributed by atoms with Gasteiger partial charge in [0.1, 0.15) is 6.61 Å². The molecule has 0 amide bonds. The molecule has 2 N–H and O–H groups in total. The molecule has 94 valence electrons. The van der Waals surface area contributed by atoms with E-state index in [0.717, 1.165) is 19.6 Å². The van der Waals surface area contributed by atoms with E-state index in [1.54, 1.807) is 12.1 Å². The van der Waals surface area contributed by atoms with E-state index in [1.807, 2.05) is 0 Å². The molecule has 17 heavy (non-hydrogen) atoms. The van der Waals surface area contributed by atoms with Crippen molar-refractivity contribution in [2.45, 2.75) is 6.92 Å². The molecule has 1 heterocycles. The van der Waals surface area contributed by atoms with Crippen molar-refractivity contribution in [1.82, 2.24) is 9.88 Å². The van der Waals surface area contributed by atoms with Crippen LogP contribution < -0.4 is 10.5 Å². The van der Waals surface area contributed by atoms with Crippen molar-refractivity contribution in [2.75, 3.05) is 32.8 Å². The molecule has 0 aliphatic carbocycles. The van der Waals surface area contributed by atoms with Gasteiger partial charge in [-0.25, -0.2) is 4.98 Å². The Bertz CT molecular complexity index is 346. The van der Waals surface area contributed by atoms with Gasteiger partial charge in [-0.1, -0.05) is 6.92 Å². The number of ether oxygens (including phenoxy) is 1. The van der Waals surface area contributed by atoms with Gasteiger partial charge in [-0.15, -0.1) is 4.91 Å². The standard InChI is InChI=1S/C11H18N4O2/c1-2-15(7-5-12)8-9-17-10-4-3-6-13-11(10)14-16/h3-4,6H,2,5,7-9,12H2,1H3. The average Bonchev–Trinajstić information content (AvgIpc) is 2.38. The molecule has 0 bridgehead atoms. The Kier molecular flexibility index (Phi) is 6.13. The van der Waals surface area contributed by atoms with E-state index in [2.05, 4.69) is 22.0 Å². The van der Waals surface area contributed by atoms with Crippen molar-refractivity contribution in [3.05, 3.63) is 23.2 Å². The monoisotopic (exact) mass is 238 g/mol. The Hall–Kier alpha value is -1.53. The molecule has 0 atom stereocenters. The van der Waals surface area contributed by atoms with Crippen LogP contribution in [0.15, 0.2) is 23.5 Å². The Morgan fingerprint density at radius 2 is 2.35 bits per heavy atom. The molecule has 6 nitrogen and oxygen atoms in total. The van der Waals surface area contributed by atoms with Gasteiger partial charge in [0.2, 0.25) is 5.82 Å². The molecule has 1 aromatic heterocycles. The predicted molar refractivity (Wildman–Crippen MR) is 66.4 cm³/mol. The number of rotatable bonds is 8. The number of nitrogens with two attached hydrogens (primary N) is 1. The summed E-state index contributed by atoms with van der Waals surface area (Å²) < 4.78 is 5.47. The number of hydrogen-bond acceptors (Lipinski definition) is 6. The van der Waals surface area contributed by atoms with Crippen LogP contribution in [0.1, 0.15) is 6.92 Å². The summed E-state index contributed by atoms with van der Waals surface area (Å²) in [6, 6.07) is 3.39. The van der Waals surface area contributed by atoms with Crippen LogP contribution >= 0.6 is 0 Å². The predicted octanol–water partition coefficient (Wildman–Crippen LogP) is 1.14. The maximum absolute atomic E-state index is 10.5. The zero-order valence-corrected chi connectivity index (χ0v) is 10.0. The number of likely N-dealkylation sites (N-methyl/N-ethyl adjacent to an activating group) is 1. The number of pyridine rings is 1. The van der Waals surface area contributed by atoms with Gasteiger partial charge in [-0.3, -0.25) is 4.90 Å². The topological polar surface area (TPSA) is 80.8 Å². The largest absolute Gasteiger partial charge is 0.488 e. The molecule has 0 saturated heterocycles. The van der Waals surface area contributed by atoms with E-state index in [9.17, 15) is 4.91 Å². The average molecular weight is 238 g/mol. The van der Waals surface area contributed by atoms with Crippen LogP contribution in [0.3, 0.4) is 0 Å². The third-order valence-electron chi connectivity index (χ3n) is 2.39. The highest BCUT2D eigenvalue weighted by Gasteiger charge is 2.05. The second-order valence-electron chi connectivity index (χ2n) is 3.49. The molecule has 0 unspecified atom stereocenters. The van der Waals surface area contributed by atoms with Gasteiger partial charge in [0.25, 0.3) is 0 Å². The van der Waals surface area contributed by atoms with Gasteiger partial charge in [-0.05, 0) is 23.9 Å². The van der Waals surface area contributed by atoms with Crippen LogP contribution in [0.5, 0.6) is 5.75 Å². The molecule has 1 rings (SSSR count). The van der Waals surface area contributed by atoms with E-state index >= 15 is 0 Å². The number of aromatic nitrogens is 1. The quantitative estimate of drug-likeness (QED) is 0.687. The van der Waals surface area contributed by atoms with Crippen molar-refractivity contribution in [3.63, 3.8) is 0 Å². The first-order valence-corrected chi connectivity index (χ1v) is 5.65. The van der Waals surface area contributed by atoms with Crippen LogP contribution in [0, 0.1) is 4.91 Å². The van der Waals surface area contributed by atoms with Gasteiger partial charge in [0.05, 0.1) is 0 Å². The number of nitrogens with zero attached hydrogens (tertiary/aromatic N) is 3. The second-order valence-corrected chi connectivity index (χ2v) is 3.49. The molecular formula is C11H18N4O2. The van der Waals surface area contributed by atoms with Gasteiger partial charge >= 0.3 is 0 Å². The molecule has 6 heteroatoms. The van der Waals surface area contributed by atoms with Gasteiger partial charge in [0, 0.05) is 25.8 Å². The minimum Gasteiger partial charge on any atom is -0.488 e. The molecule has 0 saturated carbocycles. The van der Waals surface area contributed by atoms with Crippen molar-refractivity contribution >= 4 is 5.82 Å². The summed E-state index contributed by atoms with van der Waals surface area (Å²) >= 11 is 0. The van der Waals surface area contributed by atoms with Crippen molar-refractivity contribution in [2.24, 2.45) is 10.9 Å². The fourth-order valence-corrected chi connectivity index (χ4v) is 1.46. The minimum absolute atomic E-state index is 0.0920. The van der Waals surface area contributed by atoms with Crippen LogP contribution in [0.2, 0.25) is 0 Å². The molecule has 0 radical (unpaired) electrons. The lowest BCUT2D eigenvalue weighted by Gasteiger charge is -2.19. The van der Waals surface area contributed by atoms with E-state index in [-0.39, 0.29) is 5.82 Å². The van der Waals surface area contributed by atoms with Gasteiger partial charge in [-0.2, -0.15) is 0 Å². The van der Waals surface area contributed by atoms with Crippen molar-refractivity contribution in [1.29, 1.82) is 0 Å². The zero-order valence-electron chi connectivity index (χ0n) is 10.0. The molecule has 1 aromatic rings. The first-order valence-electron chi connectivity index (χ1n) is 5.65. The highest BCUT2D eigenvalue weighted by molar-refractivity contribution is 5.43. The lowest BCUT2D eigenvalue weighted by Crippen LogP contribution is -2.32. The SMILES string of the molecule is CCN(CCN)CCOc1cccnc1N=O. The number of nitroso groups, excluding NO2 is 1. The summed E-state index contributed by atoms with van der Waals surface area (Å²) in [4.78, 5) is 16.4. The minimum atomic E-state index is 0.0920. The summed E-state index contributed by atoms with van der Waals surface area (Å²) in [7, 11) is 0. The normalized spacial score (nSPS) is 10.5. The first kappa shape index (κ1) is 13.5. The lowest BCUT2D eigenvalue weighted by molar-refractivity contribution is 0.219. The third kappa shape index (κ3) is 4.46. The Morgan fingerprint density at radius 3 is 3.00 bits per heavy atom. The molecule has 0 aliphatic rings. The van der Waals surface area contributed by atoms with E-state index in [0.29, 0.717) is 18.9 Å². The molecule has 0 aliphatic heterocycles. The van der Waals surface area contributed by atoms with Crippen molar-refractivity contribution < 1.29 is 4.74 Å². The Morgan fingerprint density at radius 1 is 1.53 bits per heavy atom. The zero-order chi connectivity index (χ0) is 12.5. The van der Waals surface area contributed by atoms with Crippen LogP contribution in [-0.4, -0.2) is 42.7 Å². The van der Waals surface area contributed by atoms with E-state index in [4.69, 9.17) is 10.5 Å². The summed E-state index contributed by atoms with van der Waals surface area (Å²) in [6.07, 6.45) is 1.51. The third-order valence-corrected chi connectivity index (χ3v) is 2.39. The summed E-state index contributed by atoms with van der Waals surface area (Å²) in [5, 5.41) is 2.81. The number of hydrogen-bond donors (Lipinski definition) is 1. The second kappa shape index (κ2) is 7.70. The van der Waals surface area contributed by atoms with E-state index < -0.39 is 0 Å². The molecule has 0 aromatic carbocycles. The maximum Gasteiger partial charge on any atom is 0.238 e.